The lowest BCUT2D eigenvalue weighted by Gasteiger charge is -2.10. The quantitative estimate of drug-likeness (QED) is 0.874. The normalized spacial score (nSPS) is 10.2. The average Bonchev–Trinajstić information content (AvgIpc) is 2.55. The lowest BCUT2D eigenvalue weighted by molar-refractivity contribution is 0.207. The molecule has 0 bridgehead atoms. The zero-order valence-electron chi connectivity index (χ0n) is 13.8. The van der Waals surface area contributed by atoms with E-state index in [2.05, 4.69) is 28.6 Å². The van der Waals surface area contributed by atoms with Crippen molar-refractivity contribution in [3.05, 3.63) is 45.8 Å². The molecule has 1 aromatic heterocycles. The van der Waals surface area contributed by atoms with Gasteiger partial charge in [-0.15, -0.1) is 0 Å². The van der Waals surface area contributed by atoms with Crippen molar-refractivity contribution < 1.29 is 4.74 Å². The van der Waals surface area contributed by atoms with Gasteiger partial charge in [-0.05, 0) is 31.0 Å². The van der Waals surface area contributed by atoms with Crippen molar-refractivity contribution in [1.82, 2.24) is 9.97 Å². The van der Waals surface area contributed by atoms with Crippen molar-refractivity contribution in [3.63, 3.8) is 0 Å². The number of nitrogens with zero attached hydrogens (tertiary/aromatic N) is 2. The summed E-state index contributed by atoms with van der Waals surface area (Å²) >= 11 is 12.2. The molecule has 0 saturated carbocycles. The molecule has 6 heteroatoms. The summed E-state index contributed by atoms with van der Waals surface area (Å²) in [5.74, 6) is 0. The molecule has 4 nitrogen and oxygen atoms in total. The third-order valence-corrected chi connectivity index (χ3v) is 3.65. The zero-order chi connectivity index (χ0) is 17.2. The van der Waals surface area contributed by atoms with Gasteiger partial charge in [-0.25, -0.2) is 4.98 Å². The van der Waals surface area contributed by atoms with Gasteiger partial charge in [-0.2, -0.15) is 0 Å². The minimum absolute atomic E-state index is 0.611. The summed E-state index contributed by atoms with van der Waals surface area (Å²) in [6, 6.07) is 5.45. The fraction of sp³-hybridized carbons (Fsp3) is 0.412. The highest BCUT2D eigenvalue weighted by atomic mass is 35.5. The number of halogens is 2. The summed E-state index contributed by atoms with van der Waals surface area (Å²) in [4.78, 5) is 9.09. The molecular formula is C17H23Cl2N3O. The Hall–Kier alpha value is -1.20. The van der Waals surface area contributed by atoms with E-state index >= 15 is 0 Å². The first-order valence-corrected chi connectivity index (χ1v) is 8.32. The number of ether oxygens (including phenoxy) is 1. The summed E-state index contributed by atoms with van der Waals surface area (Å²) < 4.78 is 4.57. The number of hydrogen-bond donors (Lipinski definition) is 1. The van der Waals surface area contributed by atoms with Crippen LogP contribution in [-0.2, 0) is 17.6 Å². The van der Waals surface area contributed by atoms with E-state index in [1.165, 1.54) is 0 Å². The lowest BCUT2D eigenvalue weighted by Crippen LogP contribution is -2.05. The van der Waals surface area contributed by atoms with Crippen molar-refractivity contribution in [2.45, 2.75) is 26.7 Å². The Morgan fingerprint density at radius 1 is 1.17 bits per heavy atom. The summed E-state index contributed by atoms with van der Waals surface area (Å²) in [5, 5.41) is 1.24. The van der Waals surface area contributed by atoms with E-state index in [0.29, 0.717) is 23.2 Å². The second-order valence-electron chi connectivity index (χ2n) is 4.77. The van der Waals surface area contributed by atoms with Crippen LogP contribution in [0.15, 0.2) is 24.4 Å². The fourth-order valence-electron chi connectivity index (χ4n) is 1.89. The number of aromatic nitrogens is 2. The van der Waals surface area contributed by atoms with E-state index in [9.17, 15) is 0 Å². The Balaban J connectivity index is 0.000000463. The first-order chi connectivity index (χ1) is 11.1. The van der Waals surface area contributed by atoms with Crippen LogP contribution < -0.4 is 5.73 Å². The van der Waals surface area contributed by atoms with Crippen LogP contribution in [0.3, 0.4) is 0 Å². The molecular weight excluding hydrogens is 333 g/mol. The first-order valence-electron chi connectivity index (χ1n) is 7.56. The predicted octanol–water partition coefficient (Wildman–Crippen LogP) is 4.17. The molecule has 2 rings (SSSR count). The zero-order valence-corrected chi connectivity index (χ0v) is 15.3. The Bertz CT molecular complexity index is 619. The van der Waals surface area contributed by atoms with E-state index < -0.39 is 0 Å². The van der Waals surface area contributed by atoms with Gasteiger partial charge in [0, 0.05) is 30.4 Å². The van der Waals surface area contributed by atoms with E-state index in [0.717, 1.165) is 35.5 Å². The lowest BCUT2D eigenvalue weighted by atomic mass is 10.1. The highest BCUT2D eigenvalue weighted by Gasteiger charge is 2.12. The van der Waals surface area contributed by atoms with Gasteiger partial charge in [-0.1, -0.05) is 37.0 Å². The number of hydrogen-bond acceptors (Lipinski definition) is 4. The molecule has 0 amide bonds. The van der Waals surface area contributed by atoms with Crippen LogP contribution in [-0.4, -0.2) is 30.2 Å². The minimum Gasteiger partial charge on any atom is -0.383 e. The van der Waals surface area contributed by atoms with Gasteiger partial charge in [0.2, 0.25) is 0 Å². The molecule has 0 fully saturated rings. The van der Waals surface area contributed by atoms with Gasteiger partial charge >= 0.3 is 0 Å². The van der Waals surface area contributed by atoms with E-state index in [4.69, 9.17) is 28.9 Å². The van der Waals surface area contributed by atoms with Crippen LogP contribution >= 0.6 is 23.2 Å². The number of aryl methyl sites for hydroxylation is 2. The minimum atomic E-state index is 0.611. The second-order valence-corrected chi connectivity index (χ2v) is 5.61. The summed E-state index contributed by atoms with van der Waals surface area (Å²) in [6.07, 6.45) is 3.51. The third kappa shape index (κ3) is 6.07. The second kappa shape index (κ2) is 10.6. The average molecular weight is 356 g/mol. The Morgan fingerprint density at radius 3 is 2.39 bits per heavy atom. The molecule has 0 spiro atoms. The topological polar surface area (TPSA) is 61.0 Å². The molecule has 0 aliphatic rings. The maximum absolute atomic E-state index is 6.24. The van der Waals surface area contributed by atoms with Crippen LogP contribution in [0.1, 0.15) is 25.2 Å². The molecule has 0 atom stereocenters. The largest absolute Gasteiger partial charge is 0.383 e. The molecule has 23 heavy (non-hydrogen) atoms. The van der Waals surface area contributed by atoms with Crippen molar-refractivity contribution in [2.75, 3.05) is 20.3 Å². The van der Waals surface area contributed by atoms with Gasteiger partial charge in [0.05, 0.1) is 28.7 Å². The third-order valence-electron chi connectivity index (χ3n) is 3.10. The van der Waals surface area contributed by atoms with Crippen LogP contribution in [0.2, 0.25) is 10.0 Å². The molecule has 0 aliphatic carbocycles. The highest BCUT2D eigenvalue weighted by Crippen LogP contribution is 2.31. The van der Waals surface area contributed by atoms with Gasteiger partial charge in [0.15, 0.2) is 0 Å². The summed E-state index contributed by atoms with van der Waals surface area (Å²) in [7, 11) is 1.63. The molecule has 0 aliphatic heterocycles. The van der Waals surface area contributed by atoms with Crippen LogP contribution in [0.25, 0.3) is 11.3 Å². The van der Waals surface area contributed by atoms with Crippen molar-refractivity contribution in [1.29, 1.82) is 0 Å². The molecule has 126 valence electrons. The SMILES string of the molecule is CCc1cnc(CC)c(-c2ccc(Cl)cc2Cl)n1.COCCN. The van der Waals surface area contributed by atoms with E-state index in [-0.39, 0.29) is 0 Å². The van der Waals surface area contributed by atoms with E-state index in [1.54, 1.807) is 13.2 Å². The molecule has 1 heterocycles. The van der Waals surface area contributed by atoms with E-state index in [1.807, 2.05) is 18.3 Å². The highest BCUT2D eigenvalue weighted by molar-refractivity contribution is 6.36. The maximum Gasteiger partial charge on any atom is 0.0935 e. The summed E-state index contributed by atoms with van der Waals surface area (Å²) in [6.45, 7) is 5.41. The number of rotatable bonds is 5. The number of methoxy groups -OCH3 is 1. The molecule has 1 aromatic carbocycles. The van der Waals surface area contributed by atoms with Crippen LogP contribution in [0, 0.1) is 0 Å². The van der Waals surface area contributed by atoms with Crippen molar-refractivity contribution in [2.24, 2.45) is 5.73 Å². The van der Waals surface area contributed by atoms with Crippen LogP contribution in [0.4, 0.5) is 0 Å². The summed E-state index contributed by atoms with van der Waals surface area (Å²) in [5.41, 5.74) is 8.68. The van der Waals surface area contributed by atoms with Gasteiger partial charge in [-0.3, -0.25) is 4.98 Å². The molecule has 0 unspecified atom stereocenters. The standard InChI is InChI=1S/C14H14Cl2N2.C3H9NO/c1-3-10-8-17-13(4-2)14(18-10)11-6-5-9(15)7-12(11)16;1-5-3-2-4/h5-8H,3-4H2,1-2H3;2-4H2,1H3. The van der Waals surface area contributed by atoms with Gasteiger partial charge in [0.1, 0.15) is 0 Å². The van der Waals surface area contributed by atoms with Gasteiger partial charge < -0.3 is 10.5 Å². The first kappa shape index (κ1) is 19.8. The molecule has 0 radical (unpaired) electrons. The van der Waals surface area contributed by atoms with Crippen LogP contribution in [0.5, 0.6) is 0 Å². The number of benzene rings is 1. The van der Waals surface area contributed by atoms with Crippen molar-refractivity contribution in [3.8, 4) is 11.3 Å². The Kier molecular flexibility index (Phi) is 9.10. The maximum atomic E-state index is 6.24. The van der Waals surface area contributed by atoms with Crippen molar-refractivity contribution >= 4 is 23.2 Å². The molecule has 2 aromatic rings. The fourth-order valence-corrected chi connectivity index (χ4v) is 2.39. The Morgan fingerprint density at radius 2 is 1.91 bits per heavy atom. The number of nitrogens with two attached hydrogens (primary N) is 1. The molecule has 0 saturated heterocycles. The monoisotopic (exact) mass is 355 g/mol. The smallest absolute Gasteiger partial charge is 0.0935 e. The predicted molar refractivity (Wildman–Crippen MR) is 97.2 cm³/mol. The molecule has 2 N–H and O–H groups in total. The Labute approximate surface area is 148 Å². The van der Waals surface area contributed by atoms with Gasteiger partial charge in [0.25, 0.3) is 0 Å².